The highest BCUT2D eigenvalue weighted by atomic mass is 16.6. The van der Waals surface area contributed by atoms with Gasteiger partial charge in [-0.05, 0) is 11.5 Å². The van der Waals surface area contributed by atoms with Crippen molar-refractivity contribution >= 4 is 11.9 Å². The largest absolute Gasteiger partial charge is 0.468 e. The van der Waals surface area contributed by atoms with Crippen molar-refractivity contribution in [2.24, 2.45) is 11.8 Å². The maximum atomic E-state index is 11.9. The van der Waals surface area contributed by atoms with Crippen LogP contribution in [-0.2, 0) is 30.5 Å². The minimum atomic E-state index is -1.08. The van der Waals surface area contributed by atoms with Crippen LogP contribution in [-0.4, -0.2) is 32.2 Å². The van der Waals surface area contributed by atoms with Gasteiger partial charge in [-0.15, -0.1) is 0 Å². The summed E-state index contributed by atoms with van der Waals surface area (Å²) in [5.74, 6) is -2.42. The first-order chi connectivity index (χ1) is 10.5. The molecule has 122 valence electrons. The number of methoxy groups -OCH3 is 2. The summed E-state index contributed by atoms with van der Waals surface area (Å²) in [7, 11) is 2.47. The topological polar surface area (TPSA) is 73.9 Å². The second-order valence-corrected chi connectivity index (χ2v) is 5.19. The molecule has 0 aliphatic heterocycles. The molecule has 0 saturated carbocycles. The van der Waals surface area contributed by atoms with Gasteiger partial charge in [-0.2, -0.15) is 5.48 Å². The van der Waals surface area contributed by atoms with Crippen molar-refractivity contribution in [3.63, 3.8) is 0 Å². The van der Waals surface area contributed by atoms with E-state index < -0.39 is 23.9 Å². The molecule has 1 rings (SSSR count). The van der Waals surface area contributed by atoms with Gasteiger partial charge in [0.05, 0.1) is 26.9 Å². The first kappa shape index (κ1) is 18.1. The van der Waals surface area contributed by atoms with Crippen molar-refractivity contribution in [3.05, 3.63) is 35.9 Å². The normalized spacial score (nSPS) is 12.3. The number of hydrogen-bond donors (Lipinski definition) is 1. The Bertz CT molecular complexity index is 459. The van der Waals surface area contributed by atoms with E-state index in [1.54, 1.807) is 0 Å². The lowest BCUT2D eigenvalue weighted by atomic mass is 9.91. The van der Waals surface area contributed by atoms with Gasteiger partial charge in [-0.25, -0.2) is 0 Å². The van der Waals surface area contributed by atoms with Crippen LogP contribution in [0.5, 0.6) is 0 Å². The van der Waals surface area contributed by atoms with Gasteiger partial charge in [-0.3, -0.25) is 14.4 Å². The Labute approximate surface area is 130 Å². The molecule has 0 radical (unpaired) electrons. The number of rotatable bonds is 8. The summed E-state index contributed by atoms with van der Waals surface area (Å²) in [6, 6.07) is 9.02. The van der Waals surface area contributed by atoms with Crippen molar-refractivity contribution in [1.29, 1.82) is 0 Å². The summed E-state index contributed by atoms with van der Waals surface area (Å²) in [6.07, 6.45) is 0. The van der Waals surface area contributed by atoms with Gasteiger partial charge in [0, 0.05) is 0 Å². The summed E-state index contributed by atoms with van der Waals surface area (Å²) < 4.78 is 9.39. The quantitative estimate of drug-likeness (QED) is 0.447. The maximum absolute atomic E-state index is 11.9. The Kier molecular flexibility index (Phi) is 7.56. The van der Waals surface area contributed by atoms with Crippen LogP contribution in [0.4, 0.5) is 0 Å². The van der Waals surface area contributed by atoms with Gasteiger partial charge >= 0.3 is 11.9 Å². The number of nitrogens with one attached hydrogen (secondary N) is 1. The smallest absolute Gasteiger partial charge is 0.321 e. The third-order valence-electron chi connectivity index (χ3n) is 3.29. The van der Waals surface area contributed by atoms with Crippen molar-refractivity contribution in [3.8, 4) is 0 Å². The van der Waals surface area contributed by atoms with E-state index in [-0.39, 0.29) is 5.92 Å². The van der Waals surface area contributed by atoms with Crippen molar-refractivity contribution in [2.75, 3.05) is 14.2 Å². The fourth-order valence-corrected chi connectivity index (χ4v) is 2.03. The predicted molar refractivity (Wildman–Crippen MR) is 80.5 cm³/mol. The van der Waals surface area contributed by atoms with Gasteiger partial charge in [0.15, 0.2) is 5.92 Å². The molecule has 0 bridgehead atoms. The van der Waals surface area contributed by atoms with Crippen LogP contribution >= 0.6 is 0 Å². The van der Waals surface area contributed by atoms with Crippen LogP contribution in [0.3, 0.4) is 0 Å². The highest BCUT2D eigenvalue weighted by molar-refractivity contribution is 5.95. The van der Waals surface area contributed by atoms with Gasteiger partial charge < -0.3 is 9.47 Å². The van der Waals surface area contributed by atoms with Gasteiger partial charge in [0.25, 0.3) is 0 Å². The van der Waals surface area contributed by atoms with E-state index in [2.05, 4.69) is 5.48 Å². The minimum Gasteiger partial charge on any atom is -0.468 e. The van der Waals surface area contributed by atoms with E-state index in [4.69, 9.17) is 14.3 Å². The molecule has 0 aliphatic rings. The van der Waals surface area contributed by atoms with Crippen molar-refractivity contribution in [1.82, 2.24) is 5.48 Å². The standard InChI is InChI=1S/C16H23NO5/c1-11(2)14(13(15(18)20-3)16(19)21-4)17-22-10-12-8-6-5-7-9-12/h5-9,11,13-14,17H,10H2,1-4H3/t14-/m1/s1. The van der Waals surface area contributed by atoms with Crippen LogP contribution < -0.4 is 5.48 Å². The molecule has 0 amide bonds. The highest BCUT2D eigenvalue weighted by Crippen LogP contribution is 2.17. The zero-order valence-electron chi connectivity index (χ0n) is 13.4. The third-order valence-corrected chi connectivity index (χ3v) is 3.29. The summed E-state index contributed by atoms with van der Waals surface area (Å²) in [6.45, 7) is 4.07. The monoisotopic (exact) mass is 309 g/mol. The number of carbonyl (C=O) groups excluding carboxylic acids is 2. The third kappa shape index (κ3) is 5.13. The summed E-state index contributed by atoms with van der Waals surface area (Å²) in [4.78, 5) is 29.2. The van der Waals surface area contributed by atoms with Crippen molar-refractivity contribution in [2.45, 2.75) is 26.5 Å². The lowest BCUT2D eigenvalue weighted by Gasteiger charge is -2.27. The van der Waals surface area contributed by atoms with Gasteiger partial charge in [-0.1, -0.05) is 44.2 Å². The fraction of sp³-hybridized carbons (Fsp3) is 0.500. The molecule has 0 aromatic heterocycles. The number of hydroxylamine groups is 1. The molecule has 6 nitrogen and oxygen atoms in total. The number of ether oxygens (including phenoxy) is 2. The molecular weight excluding hydrogens is 286 g/mol. The number of carbonyl (C=O) groups is 2. The Balaban J connectivity index is 2.73. The van der Waals surface area contributed by atoms with Crippen LogP contribution in [0.1, 0.15) is 19.4 Å². The molecule has 6 heteroatoms. The molecule has 1 atom stereocenters. The van der Waals surface area contributed by atoms with E-state index in [1.807, 2.05) is 44.2 Å². The second-order valence-electron chi connectivity index (χ2n) is 5.19. The Hall–Kier alpha value is -1.92. The summed E-state index contributed by atoms with van der Waals surface area (Å²) >= 11 is 0. The SMILES string of the molecule is COC(=O)C(C(=O)OC)[C@H](NOCc1ccccc1)C(C)C. The zero-order valence-corrected chi connectivity index (χ0v) is 13.4. The first-order valence-corrected chi connectivity index (χ1v) is 7.08. The van der Waals surface area contributed by atoms with E-state index >= 15 is 0 Å². The van der Waals surface area contributed by atoms with Crippen LogP contribution in [0.25, 0.3) is 0 Å². The molecule has 1 aromatic carbocycles. The van der Waals surface area contributed by atoms with Gasteiger partial charge in [0.2, 0.25) is 0 Å². The van der Waals surface area contributed by atoms with Crippen molar-refractivity contribution < 1.29 is 23.9 Å². The molecule has 22 heavy (non-hydrogen) atoms. The second kappa shape index (κ2) is 9.17. The van der Waals surface area contributed by atoms with Gasteiger partial charge in [0.1, 0.15) is 0 Å². The summed E-state index contributed by atoms with van der Waals surface area (Å²) in [5, 5.41) is 0. The Morgan fingerprint density at radius 2 is 1.59 bits per heavy atom. The number of esters is 2. The fourth-order valence-electron chi connectivity index (χ4n) is 2.03. The number of benzene rings is 1. The molecule has 0 fully saturated rings. The average Bonchev–Trinajstić information content (AvgIpc) is 2.53. The minimum absolute atomic E-state index is 0.0426. The first-order valence-electron chi connectivity index (χ1n) is 7.08. The van der Waals surface area contributed by atoms with E-state index in [0.717, 1.165) is 5.56 Å². The molecule has 0 aliphatic carbocycles. The average molecular weight is 309 g/mol. The molecule has 0 saturated heterocycles. The molecule has 0 heterocycles. The highest BCUT2D eigenvalue weighted by Gasteiger charge is 2.38. The molecule has 1 aromatic rings. The van der Waals surface area contributed by atoms with E-state index in [0.29, 0.717) is 6.61 Å². The number of hydrogen-bond acceptors (Lipinski definition) is 6. The molecule has 0 unspecified atom stereocenters. The van der Waals surface area contributed by atoms with Crippen LogP contribution in [0.2, 0.25) is 0 Å². The van der Waals surface area contributed by atoms with E-state index in [9.17, 15) is 9.59 Å². The molecule has 1 N–H and O–H groups in total. The molecule has 0 spiro atoms. The zero-order chi connectivity index (χ0) is 16.5. The van der Waals surface area contributed by atoms with Crippen LogP contribution in [0, 0.1) is 11.8 Å². The molecular formula is C16H23NO5. The Morgan fingerprint density at radius 3 is 2.05 bits per heavy atom. The predicted octanol–water partition coefficient (Wildman–Crippen LogP) is 1.69. The Morgan fingerprint density at radius 1 is 1.05 bits per heavy atom. The lowest BCUT2D eigenvalue weighted by molar-refractivity contribution is -0.164. The summed E-state index contributed by atoms with van der Waals surface area (Å²) in [5.41, 5.74) is 3.77. The lowest BCUT2D eigenvalue weighted by Crippen LogP contribution is -2.48. The van der Waals surface area contributed by atoms with E-state index in [1.165, 1.54) is 14.2 Å². The van der Waals surface area contributed by atoms with Crippen LogP contribution in [0.15, 0.2) is 30.3 Å². The maximum Gasteiger partial charge on any atom is 0.321 e.